The van der Waals surface area contributed by atoms with Crippen LogP contribution >= 0.6 is 0 Å². The van der Waals surface area contributed by atoms with Crippen molar-refractivity contribution in [3.05, 3.63) is 94.8 Å². The fraction of sp³-hybridized carbons (Fsp3) is 0.167. The average molecular weight is 412 g/mol. The molecule has 7 heteroatoms. The first-order valence-electron chi connectivity index (χ1n) is 10.0. The van der Waals surface area contributed by atoms with E-state index in [2.05, 4.69) is 10.3 Å². The van der Waals surface area contributed by atoms with E-state index in [1.807, 2.05) is 49.4 Å². The van der Waals surface area contributed by atoms with E-state index in [4.69, 9.17) is 4.99 Å². The minimum Gasteiger partial charge on any atom is -0.373 e. The Hall–Kier alpha value is -3.84. The van der Waals surface area contributed by atoms with Gasteiger partial charge in [-0.25, -0.2) is 4.99 Å². The summed E-state index contributed by atoms with van der Waals surface area (Å²) in [6, 6.07) is 16.6. The van der Waals surface area contributed by atoms with Crippen LogP contribution < -0.4 is 10.2 Å². The number of aromatic nitrogens is 1. The summed E-state index contributed by atoms with van der Waals surface area (Å²) in [6.45, 7) is 1.98. The molecule has 154 valence electrons. The third kappa shape index (κ3) is 3.29. The second-order valence-corrected chi connectivity index (χ2v) is 7.67. The van der Waals surface area contributed by atoms with Gasteiger partial charge in [-0.1, -0.05) is 42.0 Å². The highest BCUT2D eigenvalue weighted by Crippen LogP contribution is 2.39. The van der Waals surface area contributed by atoms with Crippen molar-refractivity contribution in [2.24, 2.45) is 4.99 Å². The zero-order valence-electron chi connectivity index (χ0n) is 16.8. The van der Waals surface area contributed by atoms with Crippen LogP contribution in [-0.4, -0.2) is 40.0 Å². The lowest BCUT2D eigenvalue weighted by Gasteiger charge is -2.24. The number of amides is 2. The highest BCUT2D eigenvalue weighted by Gasteiger charge is 2.41. The smallest absolute Gasteiger partial charge is 0.274 e. The van der Waals surface area contributed by atoms with Crippen molar-refractivity contribution in [3.8, 4) is 0 Å². The molecule has 2 aromatic carbocycles. The molecule has 3 aromatic rings. The Balaban J connectivity index is 1.66. The number of anilines is 1. The van der Waals surface area contributed by atoms with Crippen molar-refractivity contribution in [2.75, 3.05) is 4.90 Å². The summed E-state index contributed by atoms with van der Waals surface area (Å²) in [7, 11) is 0. The molecule has 0 aliphatic carbocycles. The lowest BCUT2D eigenvalue weighted by atomic mass is 9.96. The highest BCUT2D eigenvalue weighted by molar-refractivity contribution is 6.21. The van der Waals surface area contributed by atoms with E-state index in [9.17, 15) is 14.7 Å². The number of hydrogen-bond donors (Lipinski definition) is 2. The van der Waals surface area contributed by atoms with Crippen LogP contribution in [0.5, 0.6) is 0 Å². The summed E-state index contributed by atoms with van der Waals surface area (Å²) in [5.41, 5.74) is 5.14. The van der Waals surface area contributed by atoms with Gasteiger partial charge in [0.15, 0.2) is 0 Å². The lowest BCUT2D eigenvalue weighted by Crippen LogP contribution is -2.49. The third-order valence-electron chi connectivity index (χ3n) is 5.52. The standard InChI is InChI=1S/C24H20N4O3/c1-14-11-17-13-19(29)28-21(17)18(12-14)20(15-5-3-2-4-6-15)26-22(24(28)31)27-23(30)16-7-9-25-10-8-16/h2-12,19,22,29H,13H2,1H3,(H,27,30)/t19?,22-/m0/s1. The van der Waals surface area contributed by atoms with Crippen LogP contribution in [0.15, 0.2) is 72.0 Å². The van der Waals surface area contributed by atoms with Gasteiger partial charge in [-0.3, -0.25) is 19.5 Å². The number of pyridine rings is 1. The van der Waals surface area contributed by atoms with E-state index >= 15 is 0 Å². The lowest BCUT2D eigenvalue weighted by molar-refractivity contribution is -0.121. The van der Waals surface area contributed by atoms with Crippen LogP contribution in [0.2, 0.25) is 0 Å². The first-order chi connectivity index (χ1) is 15.0. The Kier molecular flexibility index (Phi) is 4.60. The number of nitrogens with one attached hydrogen (secondary N) is 1. The fourth-order valence-corrected chi connectivity index (χ4v) is 4.18. The molecule has 2 aliphatic heterocycles. The Morgan fingerprint density at radius 3 is 2.61 bits per heavy atom. The van der Waals surface area contributed by atoms with Crippen LogP contribution in [0.3, 0.4) is 0 Å². The van der Waals surface area contributed by atoms with E-state index in [-0.39, 0.29) is 0 Å². The molecule has 3 heterocycles. The number of carbonyl (C=O) groups excluding carboxylic acids is 2. The third-order valence-corrected chi connectivity index (χ3v) is 5.52. The summed E-state index contributed by atoms with van der Waals surface area (Å²) in [4.78, 5) is 36.2. The van der Waals surface area contributed by atoms with Crippen LogP contribution in [0, 0.1) is 6.92 Å². The molecule has 31 heavy (non-hydrogen) atoms. The number of carbonyl (C=O) groups is 2. The number of aliphatic hydroxyl groups is 1. The van der Waals surface area contributed by atoms with Gasteiger partial charge in [-0.2, -0.15) is 0 Å². The molecule has 0 fully saturated rings. The molecule has 0 radical (unpaired) electrons. The van der Waals surface area contributed by atoms with Gasteiger partial charge >= 0.3 is 0 Å². The Morgan fingerprint density at radius 1 is 1.13 bits per heavy atom. The molecule has 1 unspecified atom stereocenters. The van der Waals surface area contributed by atoms with Crippen molar-refractivity contribution in [1.29, 1.82) is 0 Å². The molecule has 2 atom stereocenters. The number of aliphatic hydroxyl groups excluding tert-OH is 1. The second kappa shape index (κ2) is 7.45. The molecule has 0 saturated carbocycles. The molecule has 0 saturated heterocycles. The normalized spacial score (nSPS) is 19.5. The summed E-state index contributed by atoms with van der Waals surface area (Å²) >= 11 is 0. The topological polar surface area (TPSA) is 94.9 Å². The SMILES string of the molecule is Cc1cc2c3c(c1)C(c1ccccc1)=N[C@@H](NC(=O)c1ccncc1)C(=O)N3C(O)C2. The Labute approximate surface area is 179 Å². The monoisotopic (exact) mass is 412 g/mol. The summed E-state index contributed by atoms with van der Waals surface area (Å²) in [5.74, 6) is -0.905. The molecule has 0 spiro atoms. The predicted octanol–water partition coefficient (Wildman–Crippen LogP) is 2.20. The zero-order chi connectivity index (χ0) is 21.5. The van der Waals surface area contributed by atoms with Crippen LogP contribution in [-0.2, 0) is 11.2 Å². The van der Waals surface area contributed by atoms with E-state index in [1.165, 1.54) is 17.3 Å². The number of aryl methyl sites for hydroxylation is 1. The first kappa shape index (κ1) is 19.1. The number of hydrogen-bond acceptors (Lipinski definition) is 5. The number of nitrogens with zero attached hydrogens (tertiary/aromatic N) is 3. The van der Waals surface area contributed by atoms with Crippen molar-refractivity contribution < 1.29 is 14.7 Å². The van der Waals surface area contributed by atoms with Crippen molar-refractivity contribution in [1.82, 2.24) is 10.3 Å². The van der Waals surface area contributed by atoms with Crippen molar-refractivity contribution in [2.45, 2.75) is 25.7 Å². The molecule has 5 rings (SSSR count). The quantitative estimate of drug-likeness (QED) is 0.690. The summed E-state index contributed by atoms with van der Waals surface area (Å²) in [5, 5.41) is 13.4. The van der Waals surface area contributed by atoms with E-state index in [0.717, 1.165) is 22.3 Å². The molecule has 2 aliphatic rings. The maximum Gasteiger partial charge on any atom is 0.274 e. The van der Waals surface area contributed by atoms with Gasteiger partial charge < -0.3 is 10.4 Å². The van der Waals surface area contributed by atoms with Gasteiger partial charge in [0.25, 0.3) is 11.8 Å². The van der Waals surface area contributed by atoms with Crippen LogP contribution in [0.1, 0.15) is 32.6 Å². The molecule has 1 aromatic heterocycles. The molecule has 2 N–H and O–H groups in total. The Bertz CT molecular complexity index is 1210. The minimum absolute atomic E-state index is 0.336. The number of rotatable bonds is 3. The largest absolute Gasteiger partial charge is 0.373 e. The van der Waals surface area contributed by atoms with Gasteiger partial charge in [0.05, 0.1) is 11.4 Å². The predicted molar refractivity (Wildman–Crippen MR) is 116 cm³/mol. The number of benzene rings is 2. The van der Waals surface area contributed by atoms with E-state index in [0.29, 0.717) is 23.4 Å². The van der Waals surface area contributed by atoms with Crippen LogP contribution in [0.4, 0.5) is 5.69 Å². The average Bonchev–Trinajstić information content (AvgIpc) is 3.05. The maximum absolute atomic E-state index is 13.4. The van der Waals surface area contributed by atoms with Crippen LogP contribution in [0.25, 0.3) is 0 Å². The van der Waals surface area contributed by atoms with Crippen molar-refractivity contribution in [3.63, 3.8) is 0 Å². The zero-order valence-corrected chi connectivity index (χ0v) is 16.8. The molecule has 2 amide bonds. The van der Waals surface area contributed by atoms with Gasteiger partial charge in [0.2, 0.25) is 6.17 Å². The van der Waals surface area contributed by atoms with Gasteiger partial charge in [0, 0.05) is 35.5 Å². The summed E-state index contributed by atoms with van der Waals surface area (Å²) < 4.78 is 0. The fourth-order valence-electron chi connectivity index (χ4n) is 4.18. The van der Waals surface area contributed by atoms with Gasteiger partial charge in [0.1, 0.15) is 6.23 Å². The number of aliphatic imine (C=N–C) groups is 1. The molecular formula is C24H20N4O3. The Morgan fingerprint density at radius 2 is 1.87 bits per heavy atom. The second-order valence-electron chi connectivity index (χ2n) is 7.67. The van der Waals surface area contributed by atoms with E-state index in [1.54, 1.807) is 12.1 Å². The maximum atomic E-state index is 13.4. The van der Waals surface area contributed by atoms with Gasteiger partial charge in [-0.05, 0) is 30.7 Å². The van der Waals surface area contributed by atoms with E-state index < -0.39 is 24.2 Å². The minimum atomic E-state index is -1.18. The molecular weight excluding hydrogens is 392 g/mol. The van der Waals surface area contributed by atoms with Gasteiger partial charge in [-0.15, -0.1) is 0 Å². The summed E-state index contributed by atoms with van der Waals surface area (Å²) in [6.07, 6.45) is 1.18. The highest BCUT2D eigenvalue weighted by atomic mass is 16.3. The molecule has 0 bridgehead atoms. The van der Waals surface area contributed by atoms with Crippen molar-refractivity contribution >= 4 is 23.2 Å². The molecule has 7 nitrogen and oxygen atoms in total. The first-order valence-corrected chi connectivity index (χ1v) is 10.0.